The molecule has 0 saturated carbocycles. The minimum absolute atomic E-state index is 0.0599. The molecule has 0 spiro atoms. The average Bonchev–Trinajstić information content (AvgIpc) is 2.73. The highest BCUT2D eigenvalue weighted by Gasteiger charge is 2.31. The van der Waals surface area contributed by atoms with E-state index in [1.807, 2.05) is 4.90 Å². The Kier molecular flexibility index (Phi) is 9.82. The van der Waals surface area contributed by atoms with Crippen LogP contribution in [0.3, 0.4) is 0 Å². The number of nitrogens with one attached hydrogen (secondary N) is 2. The van der Waals surface area contributed by atoms with Crippen molar-refractivity contribution in [2.24, 2.45) is 0 Å². The summed E-state index contributed by atoms with van der Waals surface area (Å²) in [5, 5.41) is 5.50. The number of carbonyl (C=O) groups excluding carboxylic acids is 2. The van der Waals surface area contributed by atoms with E-state index >= 15 is 0 Å². The molecule has 1 saturated heterocycles. The first-order valence-corrected chi connectivity index (χ1v) is 11.3. The largest absolute Gasteiger partial charge is 0.444 e. The number of hydrogen-bond acceptors (Lipinski definition) is 5. The summed E-state index contributed by atoms with van der Waals surface area (Å²) in [5.74, 6) is -0.0599. The van der Waals surface area contributed by atoms with Crippen molar-refractivity contribution in [3.8, 4) is 0 Å². The van der Waals surface area contributed by atoms with Gasteiger partial charge >= 0.3 is 12.3 Å². The second-order valence-corrected chi connectivity index (χ2v) is 9.11. The van der Waals surface area contributed by atoms with E-state index in [9.17, 15) is 22.8 Å². The monoisotopic (exact) mass is 472 g/mol. The second kappa shape index (κ2) is 12.1. The van der Waals surface area contributed by atoms with Crippen molar-refractivity contribution < 1.29 is 27.5 Å². The topological polar surface area (TPSA) is 73.9 Å². The molecule has 0 aromatic heterocycles. The van der Waals surface area contributed by atoms with Gasteiger partial charge in [0.1, 0.15) is 5.60 Å². The van der Waals surface area contributed by atoms with Gasteiger partial charge in [-0.1, -0.05) is 6.07 Å². The lowest BCUT2D eigenvalue weighted by atomic mass is 10.1. The van der Waals surface area contributed by atoms with Gasteiger partial charge in [-0.25, -0.2) is 4.79 Å². The summed E-state index contributed by atoms with van der Waals surface area (Å²) in [7, 11) is 0. The predicted octanol–water partition coefficient (Wildman–Crippen LogP) is 3.64. The quantitative estimate of drug-likeness (QED) is 0.537. The van der Waals surface area contributed by atoms with E-state index < -0.39 is 23.4 Å². The van der Waals surface area contributed by atoms with Crippen LogP contribution in [0.1, 0.15) is 45.6 Å². The maximum absolute atomic E-state index is 12.9. The van der Waals surface area contributed by atoms with Gasteiger partial charge in [0.15, 0.2) is 0 Å². The second-order valence-electron chi connectivity index (χ2n) is 9.11. The minimum atomic E-state index is -4.34. The molecule has 33 heavy (non-hydrogen) atoms. The number of piperazine rings is 1. The van der Waals surface area contributed by atoms with Gasteiger partial charge in [0.25, 0.3) is 0 Å². The van der Waals surface area contributed by atoms with Crippen LogP contribution in [-0.2, 0) is 15.7 Å². The van der Waals surface area contributed by atoms with Gasteiger partial charge in [0.05, 0.1) is 5.56 Å². The van der Waals surface area contributed by atoms with Gasteiger partial charge < -0.3 is 20.3 Å². The molecule has 1 aliphatic rings. The summed E-state index contributed by atoms with van der Waals surface area (Å²) in [6.45, 7) is 9.97. The van der Waals surface area contributed by atoms with E-state index in [4.69, 9.17) is 4.74 Å². The summed E-state index contributed by atoms with van der Waals surface area (Å²) >= 11 is 0. The number of alkyl carbamates (subject to hydrolysis) is 1. The molecular formula is C23H35F3N4O3. The van der Waals surface area contributed by atoms with Crippen LogP contribution in [0, 0.1) is 0 Å². The van der Waals surface area contributed by atoms with Crippen molar-refractivity contribution in [1.29, 1.82) is 0 Å². The first-order chi connectivity index (χ1) is 15.4. The van der Waals surface area contributed by atoms with Crippen LogP contribution in [0.5, 0.6) is 0 Å². The lowest BCUT2D eigenvalue weighted by Crippen LogP contribution is -2.47. The van der Waals surface area contributed by atoms with E-state index in [1.54, 1.807) is 26.8 Å². The van der Waals surface area contributed by atoms with Crippen LogP contribution in [0.15, 0.2) is 24.3 Å². The number of halogens is 3. The smallest absolute Gasteiger partial charge is 0.416 e. The Balaban J connectivity index is 1.56. The van der Waals surface area contributed by atoms with Gasteiger partial charge in [0, 0.05) is 51.4 Å². The Hall–Kier alpha value is -2.49. The number of nitrogens with zero attached hydrogens (tertiary/aromatic N) is 2. The van der Waals surface area contributed by atoms with Crippen LogP contribution in [0.2, 0.25) is 0 Å². The highest BCUT2D eigenvalue weighted by Crippen LogP contribution is 2.31. The number of anilines is 1. The molecule has 2 amide bonds. The molecule has 10 heteroatoms. The third-order valence-corrected chi connectivity index (χ3v) is 5.13. The molecule has 0 radical (unpaired) electrons. The van der Waals surface area contributed by atoms with Crippen LogP contribution in [0.4, 0.5) is 23.7 Å². The molecule has 2 rings (SSSR count). The number of benzene rings is 1. The standard InChI is InChI=1S/C23H35F3N4O3/c1-22(2,3)33-21(32)28-10-5-9-20(31)27-11-6-12-29-13-15-30(16-14-29)19-8-4-7-18(17-19)23(24,25)26/h4,7-8,17H,5-6,9-16H2,1-3H3,(H,27,31)(H,28,32). The number of alkyl halides is 3. The highest BCUT2D eigenvalue weighted by atomic mass is 19.4. The van der Waals surface area contributed by atoms with Crippen molar-refractivity contribution in [1.82, 2.24) is 15.5 Å². The average molecular weight is 473 g/mol. The zero-order valence-electron chi connectivity index (χ0n) is 19.6. The maximum atomic E-state index is 12.9. The fraction of sp³-hybridized carbons (Fsp3) is 0.652. The molecule has 7 nitrogen and oxygen atoms in total. The lowest BCUT2D eigenvalue weighted by Gasteiger charge is -2.36. The Bertz CT molecular complexity index is 773. The Morgan fingerprint density at radius 1 is 1.00 bits per heavy atom. The maximum Gasteiger partial charge on any atom is 0.416 e. The van der Waals surface area contributed by atoms with Crippen LogP contribution < -0.4 is 15.5 Å². The molecule has 0 aliphatic carbocycles. The van der Waals surface area contributed by atoms with Crippen molar-refractivity contribution in [3.63, 3.8) is 0 Å². The van der Waals surface area contributed by atoms with E-state index in [-0.39, 0.29) is 5.91 Å². The molecule has 1 aromatic rings. The van der Waals surface area contributed by atoms with E-state index in [0.717, 1.165) is 32.1 Å². The third kappa shape index (κ3) is 10.3. The predicted molar refractivity (Wildman–Crippen MR) is 121 cm³/mol. The summed E-state index contributed by atoms with van der Waals surface area (Å²) in [4.78, 5) is 27.7. The molecule has 0 bridgehead atoms. The van der Waals surface area contributed by atoms with Gasteiger partial charge in [-0.3, -0.25) is 9.69 Å². The number of ether oxygens (including phenoxy) is 1. The van der Waals surface area contributed by atoms with Crippen LogP contribution in [0.25, 0.3) is 0 Å². The Labute approximate surface area is 193 Å². The molecule has 1 aliphatic heterocycles. The van der Waals surface area contributed by atoms with Crippen molar-refractivity contribution >= 4 is 17.7 Å². The molecule has 0 atom stereocenters. The van der Waals surface area contributed by atoms with Crippen molar-refractivity contribution in [3.05, 3.63) is 29.8 Å². The zero-order valence-corrected chi connectivity index (χ0v) is 19.6. The van der Waals surface area contributed by atoms with E-state index in [2.05, 4.69) is 15.5 Å². The summed E-state index contributed by atoms with van der Waals surface area (Å²) < 4.78 is 43.9. The summed E-state index contributed by atoms with van der Waals surface area (Å²) in [6.07, 6.45) is -3.17. The normalized spacial score (nSPS) is 15.3. The van der Waals surface area contributed by atoms with E-state index in [1.165, 1.54) is 12.1 Å². The highest BCUT2D eigenvalue weighted by molar-refractivity contribution is 5.75. The first kappa shape index (κ1) is 26.8. The number of amides is 2. The van der Waals surface area contributed by atoms with E-state index in [0.29, 0.717) is 44.7 Å². The first-order valence-electron chi connectivity index (χ1n) is 11.3. The third-order valence-electron chi connectivity index (χ3n) is 5.13. The van der Waals surface area contributed by atoms with Gasteiger partial charge in [0.2, 0.25) is 5.91 Å². The molecule has 2 N–H and O–H groups in total. The van der Waals surface area contributed by atoms with Crippen molar-refractivity contribution in [2.45, 2.75) is 51.8 Å². The minimum Gasteiger partial charge on any atom is -0.444 e. The fourth-order valence-corrected chi connectivity index (χ4v) is 3.48. The SMILES string of the molecule is CC(C)(C)OC(=O)NCCCC(=O)NCCCN1CCN(c2cccc(C(F)(F)F)c2)CC1. The number of hydrogen-bond donors (Lipinski definition) is 2. The zero-order chi connectivity index (χ0) is 24.5. The van der Waals surface area contributed by atoms with Gasteiger partial charge in [-0.05, 0) is 58.4 Å². The van der Waals surface area contributed by atoms with Gasteiger partial charge in [-0.15, -0.1) is 0 Å². The number of carbonyl (C=O) groups is 2. The van der Waals surface area contributed by atoms with Gasteiger partial charge in [-0.2, -0.15) is 13.2 Å². The van der Waals surface area contributed by atoms with Crippen molar-refractivity contribution in [2.75, 3.05) is 50.7 Å². The Morgan fingerprint density at radius 2 is 1.67 bits per heavy atom. The summed E-state index contributed by atoms with van der Waals surface area (Å²) in [6, 6.07) is 5.45. The van der Waals surface area contributed by atoms with Crippen LogP contribution >= 0.6 is 0 Å². The summed E-state index contributed by atoms with van der Waals surface area (Å²) in [5.41, 5.74) is -0.580. The fourth-order valence-electron chi connectivity index (χ4n) is 3.48. The molecule has 186 valence electrons. The molecule has 1 aromatic carbocycles. The molecule has 1 heterocycles. The lowest BCUT2D eigenvalue weighted by molar-refractivity contribution is -0.137. The van der Waals surface area contributed by atoms with Crippen LogP contribution in [-0.4, -0.2) is 68.3 Å². The molecule has 0 unspecified atom stereocenters. The number of rotatable bonds is 9. The Morgan fingerprint density at radius 3 is 2.30 bits per heavy atom. The molecule has 1 fully saturated rings. The molecular weight excluding hydrogens is 437 g/mol.